The molecule has 1 aromatic heterocycles. The van der Waals surface area contributed by atoms with Crippen molar-refractivity contribution in [3.8, 4) is 11.3 Å². The van der Waals surface area contributed by atoms with Gasteiger partial charge in [-0.05, 0) is 25.1 Å². The molecule has 6 nitrogen and oxygen atoms in total. The van der Waals surface area contributed by atoms with Crippen LogP contribution in [0.1, 0.15) is 35.3 Å². The SMILES string of the molecule is C=O.CC.Cc1ccc(-c2cocn2)cc1.O=C(c1ccccc1)c1cc(Br)ccc1NO. The number of nitrogens with zero attached hydrogens (tertiary/aromatic N) is 1. The molecule has 3 aromatic carbocycles. The molecule has 0 aliphatic rings. The molecule has 0 aliphatic carbocycles. The minimum Gasteiger partial charge on any atom is -0.451 e. The van der Waals surface area contributed by atoms with Crippen LogP contribution in [0.3, 0.4) is 0 Å². The van der Waals surface area contributed by atoms with E-state index >= 15 is 0 Å². The van der Waals surface area contributed by atoms with Crippen LogP contribution >= 0.6 is 15.9 Å². The van der Waals surface area contributed by atoms with Crippen molar-refractivity contribution in [2.45, 2.75) is 20.8 Å². The summed E-state index contributed by atoms with van der Waals surface area (Å²) < 4.78 is 5.68. The number of carbonyl (C=O) groups is 2. The van der Waals surface area contributed by atoms with E-state index in [1.807, 2.05) is 44.3 Å². The molecule has 0 saturated heterocycles. The molecule has 0 spiro atoms. The van der Waals surface area contributed by atoms with Gasteiger partial charge in [-0.1, -0.05) is 89.9 Å². The Bertz CT molecular complexity index is 1080. The van der Waals surface area contributed by atoms with Gasteiger partial charge >= 0.3 is 0 Å². The second-order valence-electron chi connectivity index (χ2n) is 6.24. The topological polar surface area (TPSA) is 92.4 Å². The number of aryl methyl sites for hydroxylation is 1. The maximum Gasteiger partial charge on any atom is 0.195 e. The number of hydrogen-bond acceptors (Lipinski definition) is 6. The molecule has 0 aliphatic heterocycles. The zero-order valence-corrected chi connectivity index (χ0v) is 20.4. The first-order valence-electron chi connectivity index (χ1n) is 10.1. The second-order valence-corrected chi connectivity index (χ2v) is 7.15. The van der Waals surface area contributed by atoms with E-state index < -0.39 is 0 Å². The van der Waals surface area contributed by atoms with E-state index in [0.717, 1.165) is 15.7 Å². The van der Waals surface area contributed by atoms with Crippen LogP contribution in [0, 0.1) is 6.92 Å². The molecule has 0 unspecified atom stereocenters. The van der Waals surface area contributed by atoms with E-state index in [2.05, 4.69) is 40.0 Å². The molecule has 0 fully saturated rings. The molecule has 33 heavy (non-hydrogen) atoms. The van der Waals surface area contributed by atoms with Crippen molar-refractivity contribution in [3.63, 3.8) is 0 Å². The Morgan fingerprint density at radius 3 is 2.18 bits per heavy atom. The molecule has 0 amide bonds. The van der Waals surface area contributed by atoms with E-state index in [-0.39, 0.29) is 5.78 Å². The fourth-order valence-corrected chi connectivity index (χ4v) is 2.99. The minimum atomic E-state index is -0.136. The van der Waals surface area contributed by atoms with Gasteiger partial charge in [0, 0.05) is 21.2 Å². The lowest BCUT2D eigenvalue weighted by atomic mass is 10.0. The summed E-state index contributed by atoms with van der Waals surface area (Å²) in [5.74, 6) is -0.136. The highest BCUT2D eigenvalue weighted by Gasteiger charge is 2.13. The van der Waals surface area contributed by atoms with Crippen LogP contribution in [0.15, 0.2) is 94.3 Å². The molecular weight excluding hydrogens is 484 g/mol. The summed E-state index contributed by atoms with van der Waals surface area (Å²) in [4.78, 5) is 24.3. The summed E-state index contributed by atoms with van der Waals surface area (Å²) in [6, 6.07) is 22.2. The highest BCUT2D eigenvalue weighted by molar-refractivity contribution is 9.10. The van der Waals surface area contributed by atoms with Crippen LogP contribution in [-0.2, 0) is 4.79 Å². The van der Waals surface area contributed by atoms with Crippen LogP contribution in [0.25, 0.3) is 11.3 Å². The number of benzene rings is 3. The first kappa shape index (κ1) is 27.5. The summed E-state index contributed by atoms with van der Waals surface area (Å²) in [5.41, 5.74) is 6.66. The van der Waals surface area contributed by atoms with E-state index in [0.29, 0.717) is 16.8 Å². The minimum absolute atomic E-state index is 0.136. The number of anilines is 1. The van der Waals surface area contributed by atoms with Gasteiger partial charge in [-0.2, -0.15) is 0 Å². The van der Waals surface area contributed by atoms with Crippen molar-refractivity contribution < 1.29 is 19.2 Å². The average Bonchev–Trinajstić information content (AvgIpc) is 3.42. The Morgan fingerprint density at radius 2 is 1.64 bits per heavy atom. The predicted octanol–water partition coefficient (Wildman–Crippen LogP) is 6.97. The molecular formula is C26H27BrN2O4. The highest BCUT2D eigenvalue weighted by Crippen LogP contribution is 2.23. The van der Waals surface area contributed by atoms with Crippen molar-refractivity contribution in [3.05, 3.63) is 107 Å². The fraction of sp³-hybridized carbons (Fsp3) is 0.115. The first-order chi connectivity index (χ1) is 16.1. The molecule has 4 aromatic rings. The molecule has 0 saturated carbocycles. The van der Waals surface area contributed by atoms with E-state index in [9.17, 15) is 4.79 Å². The van der Waals surface area contributed by atoms with Gasteiger partial charge in [-0.15, -0.1) is 0 Å². The lowest BCUT2D eigenvalue weighted by Crippen LogP contribution is -2.05. The number of carbonyl (C=O) groups excluding carboxylic acids is 2. The van der Waals surface area contributed by atoms with Crippen molar-refractivity contribution in [1.82, 2.24) is 4.98 Å². The number of nitrogens with one attached hydrogen (secondary N) is 1. The highest BCUT2D eigenvalue weighted by atomic mass is 79.9. The summed E-state index contributed by atoms with van der Waals surface area (Å²) >= 11 is 3.30. The standard InChI is InChI=1S/C13H10BrNO2.C10H9NO.C2H6.CH2O/c14-10-6-7-12(15-17)11(8-10)13(16)9-4-2-1-3-5-9;1-8-2-4-9(5-3-8)10-6-12-7-11-10;2*1-2/h1-8,15,17H;2-7H,1H3;1-2H3;1H2. The van der Waals surface area contributed by atoms with E-state index in [1.54, 1.807) is 48.7 Å². The number of rotatable bonds is 4. The molecule has 7 heteroatoms. The van der Waals surface area contributed by atoms with E-state index in [4.69, 9.17) is 14.4 Å². The quantitative estimate of drug-likeness (QED) is 0.227. The molecule has 4 rings (SSSR count). The first-order valence-corrected chi connectivity index (χ1v) is 10.9. The Kier molecular flexibility index (Phi) is 12.7. The Labute approximate surface area is 202 Å². The molecule has 172 valence electrons. The van der Waals surface area contributed by atoms with Crippen LogP contribution in [0.5, 0.6) is 0 Å². The second kappa shape index (κ2) is 15.3. The van der Waals surface area contributed by atoms with Crippen molar-refractivity contribution in [2.24, 2.45) is 0 Å². The molecule has 0 bridgehead atoms. The third-order valence-electron chi connectivity index (χ3n) is 4.16. The number of ketones is 1. The third-order valence-corrected chi connectivity index (χ3v) is 4.66. The summed E-state index contributed by atoms with van der Waals surface area (Å²) in [7, 11) is 0. The Balaban J connectivity index is 0.000000298. The van der Waals surface area contributed by atoms with E-state index in [1.165, 1.54) is 12.0 Å². The summed E-state index contributed by atoms with van der Waals surface area (Å²) in [6.45, 7) is 8.06. The normalized spacial score (nSPS) is 9.12. The maximum absolute atomic E-state index is 12.2. The number of halogens is 1. The van der Waals surface area contributed by atoms with Crippen LogP contribution < -0.4 is 5.48 Å². The molecule has 0 atom stereocenters. The van der Waals surface area contributed by atoms with Gasteiger partial charge in [0.25, 0.3) is 0 Å². The maximum atomic E-state index is 12.2. The monoisotopic (exact) mass is 510 g/mol. The lowest BCUT2D eigenvalue weighted by molar-refractivity contribution is -0.0980. The van der Waals surface area contributed by atoms with Gasteiger partial charge in [-0.25, -0.2) is 4.98 Å². The molecule has 1 heterocycles. The van der Waals surface area contributed by atoms with Gasteiger partial charge in [-0.3, -0.25) is 15.5 Å². The fourth-order valence-electron chi connectivity index (χ4n) is 2.63. The molecule has 0 radical (unpaired) electrons. The predicted molar refractivity (Wildman–Crippen MR) is 135 cm³/mol. The summed E-state index contributed by atoms with van der Waals surface area (Å²) in [5, 5.41) is 8.99. The third kappa shape index (κ3) is 8.48. The zero-order chi connectivity index (χ0) is 24.6. The van der Waals surface area contributed by atoms with Gasteiger partial charge < -0.3 is 9.21 Å². The van der Waals surface area contributed by atoms with Crippen LogP contribution in [0.2, 0.25) is 0 Å². The van der Waals surface area contributed by atoms with Crippen molar-refractivity contribution in [2.75, 3.05) is 5.48 Å². The van der Waals surface area contributed by atoms with Crippen molar-refractivity contribution in [1.29, 1.82) is 0 Å². The Morgan fingerprint density at radius 1 is 1.00 bits per heavy atom. The molecule has 2 N–H and O–H groups in total. The van der Waals surface area contributed by atoms with Crippen LogP contribution in [0.4, 0.5) is 5.69 Å². The smallest absolute Gasteiger partial charge is 0.195 e. The van der Waals surface area contributed by atoms with Gasteiger partial charge in [0.05, 0.1) is 5.69 Å². The number of oxazole rings is 1. The van der Waals surface area contributed by atoms with Gasteiger partial charge in [0.1, 0.15) is 18.7 Å². The zero-order valence-electron chi connectivity index (χ0n) is 18.8. The van der Waals surface area contributed by atoms with Crippen molar-refractivity contribution >= 4 is 34.2 Å². The largest absolute Gasteiger partial charge is 0.451 e. The summed E-state index contributed by atoms with van der Waals surface area (Å²) in [6.07, 6.45) is 3.08. The average molecular weight is 511 g/mol. The van der Waals surface area contributed by atoms with Gasteiger partial charge in [0.15, 0.2) is 12.2 Å². The number of aromatic nitrogens is 1. The number of hydrogen-bond donors (Lipinski definition) is 2. The lowest BCUT2D eigenvalue weighted by Gasteiger charge is -2.07. The van der Waals surface area contributed by atoms with Gasteiger partial charge in [0.2, 0.25) is 0 Å². The Hall–Kier alpha value is -3.55. The van der Waals surface area contributed by atoms with Crippen LogP contribution in [-0.4, -0.2) is 22.8 Å².